The highest BCUT2D eigenvalue weighted by Gasteiger charge is 2.12. The van der Waals surface area contributed by atoms with Crippen molar-refractivity contribution < 1.29 is 17.6 Å². The Morgan fingerprint density at radius 3 is 2.57 bits per heavy atom. The number of nitrogens with one attached hydrogen (secondary N) is 2. The lowest BCUT2D eigenvalue weighted by Gasteiger charge is -2.28. The van der Waals surface area contributed by atoms with Crippen LogP contribution in [0.3, 0.4) is 0 Å². The average molecular weight is 494 g/mol. The van der Waals surface area contributed by atoms with Gasteiger partial charge in [0.05, 0.1) is 31.2 Å². The number of fused-ring (bicyclic) bond motifs is 1. The molecule has 0 spiro atoms. The fourth-order valence-electron chi connectivity index (χ4n) is 4.01. The second-order valence-corrected chi connectivity index (χ2v) is 10.6. The summed E-state index contributed by atoms with van der Waals surface area (Å²) in [7, 11) is -3.08. The van der Waals surface area contributed by atoms with Crippen molar-refractivity contribution in [2.45, 2.75) is 6.54 Å². The van der Waals surface area contributed by atoms with Crippen LogP contribution in [0.15, 0.2) is 65.3 Å². The van der Waals surface area contributed by atoms with E-state index in [1.54, 1.807) is 6.33 Å². The summed E-state index contributed by atoms with van der Waals surface area (Å²) < 4.78 is 34.0. The Morgan fingerprint density at radius 2 is 1.80 bits per heavy atom. The predicted molar refractivity (Wildman–Crippen MR) is 137 cm³/mol. The topological polar surface area (TPSA) is 110 Å². The highest BCUT2D eigenvalue weighted by atomic mass is 32.2. The van der Waals surface area contributed by atoms with Crippen molar-refractivity contribution in [2.75, 3.05) is 48.7 Å². The van der Waals surface area contributed by atoms with Crippen molar-refractivity contribution in [3.8, 4) is 11.3 Å². The van der Waals surface area contributed by atoms with E-state index in [-0.39, 0.29) is 5.88 Å². The normalized spacial score (nSPS) is 14.4. The van der Waals surface area contributed by atoms with Crippen LogP contribution in [0.4, 0.5) is 17.2 Å². The highest BCUT2D eigenvalue weighted by molar-refractivity contribution is 7.90. The molecule has 1 fully saturated rings. The number of benzene rings is 2. The number of sulfone groups is 1. The molecule has 0 saturated carbocycles. The quantitative estimate of drug-likeness (QED) is 0.381. The Kier molecular flexibility index (Phi) is 6.67. The molecular formula is C25H27N5O4S. The first-order chi connectivity index (χ1) is 16.9. The number of rotatable bonds is 8. The van der Waals surface area contributed by atoms with Gasteiger partial charge in [0.25, 0.3) is 0 Å². The third-order valence-corrected chi connectivity index (χ3v) is 6.48. The van der Waals surface area contributed by atoms with Crippen molar-refractivity contribution in [2.24, 2.45) is 0 Å². The summed E-state index contributed by atoms with van der Waals surface area (Å²) in [6.45, 7) is 3.63. The first-order valence-corrected chi connectivity index (χ1v) is 13.4. The fraction of sp³-hybridized carbons (Fsp3) is 0.280. The third-order valence-electron chi connectivity index (χ3n) is 5.75. The first kappa shape index (κ1) is 23.3. The molecule has 1 aliphatic heterocycles. The number of furan rings is 1. The van der Waals surface area contributed by atoms with Gasteiger partial charge in [0.2, 0.25) is 0 Å². The van der Waals surface area contributed by atoms with Crippen LogP contribution in [-0.2, 0) is 21.1 Å². The molecule has 10 heteroatoms. The van der Waals surface area contributed by atoms with E-state index in [0.29, 0.717) is 23.9 Å². The Hall–Kier alpha value is -3.47. The molecule has 0 atom stereocenters. The van der Waals surface area contributed by atoms with E-state index in [1.807, 2.05) is 42.5 Å². The molecule has 1 saturated heterocycles. The van der Waals surface area contributed by atoms with Crippen molar-refractivity contribution in [3.05, 3.63) is 66.7 Å². The van der Waals surface area contributed by atoms with Gasteiger partial charge in [-0.15, -0.1) is 0 Å². The van der Waals surface area contributed by atoms with Crippen LogP contribution < -0.4 is 15.5 Å². The lowest BCUT2D eigenvalue weighted by molar-refractivity contribution is 0.122. The zero-order chi connectivity index (χ0) is 24.3. The molecule has 2 N–H and O–H groups in total. The number of ether oxygens (including phenoxy) is 1. The highest BCUT2D eigenvalue weighted by Crippen LogP contribution is 2.30. The Labute approximate surface area is 204 Å². The molecular weight excluding hydrogens is 466 g/mol. The molecule has 2 aromatic heterocycles. The van der Waals surface area contributed by atoms with E-state index < -0.39 is 9.84 Å². The summed E-state index contributed by atoms with van der Waals surface area (Å²) in [5, 5.41) is 7.16. The molecule has 35 heavy (non-hydrogen) atoms. The lowest BCUT2D eigenvalue weighted by Crippen LogP contribution is -2.36. The second-order valence-electron chi connectivity index (χ2n) is 8.49. The average Bonchev–Trinajstić information content (AvgIpc) is 3.33. The van der Waals surface area contributed by atoms with Gasteiger partial charge < -0.3 is 19.4 Å². The number of nitrogens with zero attached hydrogens (tertiary/aromatic N) is 3. The van der Waals surface area contributed by atoms with Crippen LogP contribution in [0.25, 0.3) is 22.2 Å². The number of hydrogen-bond acceptors (Lipinski definition) is 9. The first-order valence-electron chi connectivity index (χ1n) is 11.4. The Morgan fingerprint density at radius 1 is 1.00 bits per heavy atom. The molecule has 0 radical (unpaired) electrons. The van der Waals surface area contributed by atoms with E-state index in [1.165, 1.54) is 11.9 Å². The molecule has 4 aromatic rings. The summed E-state index contributed by atoms with van der Waals surface area (Å²) in [5.41, 5.74) is 3.81. The number of aromatic nitrogens is 2. The minimum Gasteiger partial charge on any atom is -0.460 e. The van der Waals surface area contributed by atoms with Gasteiger partial charge in [-0.05, 0) is 54.6 Å². The van der Waals surface area contributed by atoms with Gasteiger partial charge in [-0.3, -0.25) is 5.32 Å². The van der Waals surface area contributed by atoms with E-state index in [4.69, 9.17) is 9.15 Å². The van der Waals surface area contributed by atoms with Crippen LogP contribution in [0.1, 0.15) is 5.76 Å². The van der Waals surface area contributed by atoms with Crippen LogP contribution in [0, 0.1) is 0 Å². The molecule has 9 nitrogen and oxygen atoms in total. The van der Waals surface area contributed by atoms with Crippen LogP contribution >= 0.6 is 0 Å². The maximum Gasteiger partial charge on any atom is 0.160 e. The van der Waals surface area contributed by atoms with Gasteiger partial charge in [0.1, 0.15) is 23.7 Å². The van der Waals surface area contributed by atoms with Gasteiger partial charge >= 0.3 is 0 Å². The molecule has 0 bridgehead atoms. The number of anilines is 3. The fourth-order valence-corrected chi connectivity index (χ4v) is 4.48. The van der Waals surface area contributed by atoms with Gasteiger partial charge in [0.15, 0.2) is 9.84 Å². The van der Waals surface area contributed by atoms with Crippen LogP contribution in [0.2, 0.25) is 0 Å². The molecule has 2 aromatic carbocycles. The molecule has 1 aliphatic rings. The van der Waals surface area contributed by atoms with E-state index in [9.17, 15) is 8.42 Å². The standard InChI is InChI=1S/C25H27N5O4S/c1-35(31,32)17-26-15-21-7-9-24(34-21)18-2-8-23-22(14-18)25(28-16-27-23)29-19-3-5-20(6-4-19)30-10-12-33-13-11-30/h2-9,14,16,26H,10-13,15,17H2,1H3,(H,27,28,29). The summed E-state index contributed by atoms with van der Waals surface area (Å²) >= 11 is 0. The minimum atomic E-state index is -3.08. The molecule has 5 rings (SSSR count). The van der Waals surface area contributed by atoms with E-state index in [0.717, 1.165) is 48.5 Å². The van der Waals surface area contributed by atoms with Gasteiger partial charge in [-0.1, -0.05) is 0 Å². The van der Waals surface area contributed by atoms with Crippen molar-refractivity contribution >= 4 is 37.9 Å². The third kappa shape index (κ3) is 5.79. The Balaban J connectivity index is 1.34. The molecule has 3 heterocycles. The monoisotopic (exact) mass is 493 g/mol. The zero-order valence-corrected chi connectivity index (χ0v) is 20.2. The molecule has 0 aliphatic carbocycles. The molecule has 0 unspecified atom stereocenters. The Bertz CT molecular complexity index is 1410. The van der Waals surface area contributed by atoms with Crippen molar-refractivity contribution in [3.63, 3.8) is 0 Å². The molecule has 182 valence electrons. The summed E-state index contributed by atoms with van der Waals surface area (Å²) in [6.07, 6.45) is 2.74. The number of hydrogen-bond donors (Lipinski definition) is 2. The van der Waals surface area contributed by atoms with Gasteiger partial charge in [-0.2, -0.15) is 0 Å². The maximum absolute atomic E-state index is 11.3. The van der Waals surface area contributed by atoms with Crippen LogP contribution in [-0.4, -0.2) is 56.8 Å². The smallest absolute Gasteiger partial charge is 0.160 e. The minimum absolute atomic E-state index is 0.0984. The van der Waals surface area contributed by atoms with Gasteiger partial charge in [0, 0.05) is 41.7 Å². The largest absolute Gasteiger partial charge is 0.460 e. The summed E-state index contributed by atoms with van der Waals surface area (Å²) in [5.74, 6) is 1.95. The number of morpholine rings is 1. The van der Waals surface area contributed by atoms with Crippen molar-refractivity contribution in [1.29, 1.82) is 0 Å². The van der Waals surface area contributed by atoms with E-state index in [2.05, 4.69) is 37.6 Å². The summed E-state index contributed by atoms with van der Waals surface area (Å²) in [6, 6.07) is 17.9. The molecule has 0 amide bonds. The zero-order valence-electron chi connectivity index (χ0n) is 19.4. The van der Waals surface area contributed by atoms with Gasteiger partial charge in [-0.25, -0.2) is 18.4 Å². The maximum atomic E-state index is 11.3. The summed E-state index contributed by atoms with van der Waals surface area (Å²) in [4.78, 5) is 11.2. The SMILES string of the molecule is CS(=O)(=O)CNCc1ccc(-c2ccc3ncnc(Nc4ccc(N5CCOCC5)cc4)c3c2)o1. The lowest BCUT2D eigenvalue weighted by atomic mass is 10.1. The van der Waals surface area contributed by atoms with Crippen LogP contribution in [0.5, 0.6) is 0 Å². The van der Waals surface area contributed by atoms with E-state index >= 15 is 0 Å². The predicted octanol–water partition coefficient (Wildman–Crippen LogP) is 3.56. The van der Waals surface area contributed by atoms with Crippen molar-refractivity contribution in [1.82, 2.24) is 15.3 Å². The second kappa shape index (κ2) is 10.0.